The molecule has 2 unspecified atom stereocenters. The summed E-state index contributed by atoms with van der Waals surface area (Å²) in [6.07, 6.45) is 4.98. The van der Waals surface area contributed by atoms with E-state index in [4.69, 9.17) is 14.2 Å². The van der Waals surface area contributed by atoms with Gasteiger partial charge in [0, 0.05) is 12.0 Å². The van der Waals surface area contributed by atoms with E-state index >= 15 is 0 Å². The molecule has 1 fully saturated rings. The Kier molecular flexibility index (Phi) is 8.62. The van der Waals surface area contributed by atoms with Crippen LogP contribution in [0.2, 0.25) is 0 Å². The SMILES string of the molecule is C=C1CC(C(CCCCCC)Oc2ccc(C(=O)Oc3ccc(-c4ccc(O)cc4)cc3)cc2)OC1=O. The molecule has 2 atom stereocenters. The number of hydrogen-bond acceptors (Lipinski definition) is 6. The van der Waals surface area contributed by atoms with Crippen LogP contribution in [0.4, 0.5) is 0 Å². The first-order chi connectivity index (χ1) is 17.9. The Hall–Kier alpha value is -4.06. The molecule has 37 heavy (non-hydrogen) atoms. The molecule has 0 radical (unpaired) electrons. The number of ether oxygens (including phenoxy) is 3. The first kappa shape index (κ1) is 26.0. The van der Waals surface area contributed by atoms with E-state index in [2.05, 4.69) is 13.5 Å². The van der Waals surface area contributed by atoms with Gasteiger partial charge in [0.2, 0.25) is 0 Å². The van der Waals surface area contributed by atoms with Crippen LogP contribution in [0.25, 0.3) is 11.1 Å². The second kappa shape index (κ2) is 12.3. The highest BCUT2D eigenvalue weighted by atomic mass is 16.6. The number of cyclic esters (lactones) is 1. The Morgan fingerprint density at radius 1 is 0.946 bits per heavy atom. The molecule has 1 N–H and O–H groups in total. The van der Waals surface area contributed by atoms with Crippen LogP contribution >= 0.6 is 0 Å². The standard InChI is InChI=1S/C31H32O6/c1-3-4-5-6-7-28(29-20-21(2)30(33)37-29)35-26-18-12-24(13-19-26)31(34)36-27-16-10-23(11-17-27)22-8-14-25(32)15-9-22/h8-19,28-29,32H,2-7,20H2,1H3. The van der Waals surface area contributed by atoms with Crippen molar-refractivity contribution in [3.05, 3.63) is 90.5 Å². The third kappa shape index (κ3) is 7.00. The molecule has 1 aliphatic heterocycles. The van der Waals surface area contributed by atoms with Gasteiger partial charge in [0.1, 0.15) is 29.5 Å². The van der Waals surface area contributed by atoms with Gasteiger partial charge < -0.3 is 19.3 Å². The summed E-state index contributed by atoms with van der Waals surface area (Å²) in [7, 11) is 0. The monoisotopic (exact) mass is 500 g/mol. The fourth-order valence-electron chi connectivity index (χ4n) is 4.27. The molecule has 1 heterocycles. The van der Waals surface area contributed by atoms with Crippen molar-refractivity contribution in [2.75, 3.05) is 0 Å². The summed E-state index contributed by atoms with van der Waals surface area (Å²) in [6, 6.07) is 20.9. The molecule has 3 aromatic rings. The van der Waals surface area contributed by atoms with Gasteiger partial charge in [-0.15, -0.1) is 0 Å². The average molecular weight is 501 g/mol. The van der Waals surface area contributed by atoms with Crippen molar-refractivity contribution in [2.45, 2.75) is 57.7 Å². The molecule has 0 aromatic heterocycles. The highest BCUT2D eigenvalue weighted by molar-refractivity contribution is 5.91. The van der Waals surface area contributed by atoms with Gasteiger partial charge in [-0.1, -0.05) is 57.0 Å². The second-order valence-corrected chi connectivity index (χ2v) is 9.24. The van der Waals surface area contributed by atoms with Crippen LogP contribution in [0.15, 0.2) is 84.9 Å². The predicted molar refractivity (Wildman–Crippen MR) is 142 cm³/mol. The van der Waals surface area contributed by atoms with Gasteiger partial charge in [-0.25, -0.2) is 9.59 Å². The molecule has 192 valence electrons. The van der Waals surface area contributed by atoms with Crippen molar-refractivity contribution in [2.24, 2.45) is 0 Å². The number of hydrogen-bond donors (Lipinski definition) is 1. The van der Waals surface area contributed by atoms with Gasteiger partial charge in [0.15, 0.2) is 0 Å². The topological polar surface area (TPSA) is 82.1 Å². The number of carbonyl (C=O) groups excluding carboxylic acids is 2. The lowest BCUT2D eigenvalue weighted by Gasteiger charge is -2.24. The number of phenols is 1. The van der Waals surface area contributed by atoms with Crippen LogP contribution < -0.4 is 9.47 Å². The van der Waals surface area contributed by atoms with Crippen LogP contribution in [0.3, 0.4) is 0 Å². The summed E-state index contributed by atoms with van der Waals surface area (Å²) in [6.45, 7) is 5.95. The predicted octanol–water partition coefficient (Wildman–Crippen LogP) is 6.87. The number of carbonyl (C=O) groups is 2. The first-order valence-electron chi connectivity index (χ1n) is 12.7. The summed E-state index contributed by atoms with van der Waals surface area (Å²) in [5.41, 5.74) is 2.77. The van der Waals surface area contributed by atoms with Crippen LogP contribution in [0.1, 0.15) is 55.8 Å². The minimum atomic E-state index is -0.471. The Balaban J connectivity index is 1.36. The molecule has 0 aliphatic carbocycles. The molecule has 0 saturated carbocycles. The van der Waals surface area contributed by atoms with E-state index in [9.17, 15) is 14.7 Å². The van der Waals surface area contributed by atoms with Gasteiger partial charge in [-0.05, 0) is 72.5 Å². The van der Waals surface area contributed by atoms with Crippen LogP contribution in [-0.2, 0) is 9.53 Å². The van der Waals surface area contributed by atoms with Gasteiger partial charge in [-0.2, -0.15) is 0 Å². The summed E-state index contributed by atoms with van der Waals surface area (Å²) in [4.78, 5) is 24.5. The van der Waals surface area contributed by atoms with E-state index < -0.39 is 5.97 Å². The van der Waals surface area contributed by atoms with Crippen LogP contribution in [-0.4, -0.2) is 29.3 Å². The second-order valence-electron chi connectivity index (χ2n) is 9.24. The molecule has 3 aromatic carbocycles. The minimum absolute atomic E-state index is 0.209. The van der Waals surface area contributed by atoms with E-state index in [0.29, 0.717) is 29.1 Å². The highest BCUT2D eigenvalue weighted by Crippen LogP contribution is 2.28. The number of esters is 2. The average Bonchev–Trinajstić information content (AvgIpc) is 3.25. The van der Waals surface area contributed by atoms with Crippen LogP contribution in [0.5, 0.6) is 17.2 Å². The lowest BCUT2D eigenvalue weighted by molar-refractivity contribution is -0.142. The molecule has 1 aliphatic rings. The van der Waals surface area contributed by atoms with E-state index in [1.807, 2.05) is 24.3 Å². The van der Waals surface area contributed by atoms with Gasteiger partial charge >= 0.3 is 11.9 Å². The molecular weight excluding hydrogens is 468 g/mol. The van der Waals surface area contributed by atoms with Crippen molar-refractivity contribution >= 4 is 11.9 Å². The molecule has 0 spiro atoms. The molecule has 6 heteroatoms. The third-order valence-electron chi connectivity index (χ3n) is 6.39. The van der Waals surface area contributed by atoms with Gasteiger partial charge in [-0.3, -0.25) is 0 Å². The largest absolute Gasteiger partial charge is 0.508 e. The molecule has 0 bridgehead atoms. The number of aromatic hydroxyl groups is 1. The normalized spacial score (nSPS) is 15.8. The maximum Gasteiger partial charge on any atom is 0.343 e. The number of benzene rings is 3. The Labute approximate surface area is 217 Å². The zero-order valence-corrected chi connectivity index (χ0v) is 21.0. The lowest BCUT2D eigenvalue weighted by Crippen LogP contribution is -2.31. The molecule has 0 amide bonds. The fourth-order valence-corrected chi connectivity index (χ4v) is 4.27. The molecular formula is C31H32O6. The summed E-state index contributed by atoms with van der Waals surface area (Å²) in [5, 5.41) is 9.45. The first-order valence-corrected chi connectivity index (χ1v) is 12.7. The zero-order valence-electron chi connectivity index (χ0n) is 21.0. The fraction of sp³-hybridized carbons (Fsp3) is 0.290. The smallest absolute Gasteiger partial charge is 0.343 e. The van der Waals surface area contributed by atoms with Crippen molar-refractivity contribution in [1.29, 1.82) is 0 Å². The maximum absolute atomic E-state index is 12.7. The lowest BCUT2D eigenvalue weighted by atomic mass is 10.0. The quantitative estimate of drug-likeness (QED) is 0.134. The van der Waals surface area contributed by atoms with Crippen molar-refractivity contribution in [3.63, 3.8) is 0 Å². The van der Waals surface area contributed by atoms with Crippen molar-refractivity contribution < 1.29 is 28.9 Å². The van der Waals surface area contributed by atoms with Crippen molar-refractivity contribution in [3.8, 4) is 28.4 Å². The Morgan fingerprint density at radius 3 is 2.16 bits per heavy atom. The van der Waals surface area contributed by atoms with Gasteiger partial charge in [0.25, 0.3) is 0 Å². The van der Waals surface area contributed by atoms with E-state index in [-0.39, 0.29) is 23.9 Å². The van der Waals surface area contributed by atoms with E-state index in [1.165, 1.54) is 0 Å². The van der Waals surface area contributed by atoms with Crippen LogP contribution in [0, 0.1) is 0 Å². The number of rotatable bonds is 11. The summed E-state index contributed by atoms with van der Waals surface area (Å²) in [5.74, 6) is 0.413. The van der Waals surface area contributed by atoms with E-state index in [1.54, 1.807) is 48.5 Å². The Morgan fingerprint density at radius 2 is 1.57 bits per heavy atom. The number of phenolic OH excluding ortho intramolecular Hbond substituents is 1. The zero-order chi connectivity index (χ0) is 26.2. The summed E-state index contributed by atoms with van der Waals surface area (Å²) >= 11 is 0. The molecule has 1 saturated heterocycles. The number of unbranched alkanes of at least 4 members (excludes halogenated alkanes) is 3. The maximum atomic E-state index is 12.7. The Bertz CT molecular complexity index is 1200. The minimum Gasteiger partial charge on any atom is -0.508 e. The van der Waals surface area contributed by atoms with Crippen molar-refractivity contribution in [1.82, 2.24) is 0 Å². The van der Waals surface area contributed by atoms with E-state index in [0.717, 1.165) is 43.2 Å². The molecule has 6 nitrogen and oxygen atoms in total. The highest BCUT2D eigenvalue weighted by Gasteiger charge is 2.35. The molecule has 4 rings (SSSR count). The third-order valence-corrected chi connectivity index (χ3v) is 6.39. The van der Waals surface area contributed by atoms with Gasteiger partial charge in [0.05, 0.1) is 5.56 Å². The summed E-state index contributed by atoms with van der Waals surface area (Å²) < 4.78 is 17.2.